The fourth-order valence-electron chi connectivity index (χ4n) is 3.10. The smallest absolute Gasteiger partial charge is 0.231 e. The zero-order valence-electron chi connectivity index (χ0n) is 16.1. The van der Waals surface area contributed by atoms with Gasteiger partial charge in [0.25, 0.3) is 0 Å². The molecule has 4 rings (SSSR count). The number of hydrogen-bond acceptors (Lipinski definition) is 7. The fourth-order valence-corrected chi connectivity index (χ4v) is 3.75. The molecule has 0 aliphatic heterocycles. The average Bonchev–Trinajstić information content (AvgIpc) is 3.44. The van der Waals surface area contributed by atoms with Crippen molar-refractivity contribution in [1.29, 1.82) is 0 Å². The summed E-state index contributed by atoms with van der Waals surface area (Å²) in [5.41, 5.74) is 3.47. The van der Waals surface area contributed by atoms with Crippen molar-refractivity contribution in [3.8, 4) is 10.7 Å². The molecule has 29 heavy (non-hydrogen) atoms. The summed E-state index contributed by atoms with van der Waals surface area (Å²) in [5.74, 6) is 1.78. The summed E-state index contributed by atoms with van der Waals surface area (Å²) >= 11 is 1.56. The van der Waals surface area contributed by atoms with E-state index in [0.29, 0.717) is 31.0 Å². The lowest BCUT2D eigenvalue weighted by molar-refractivity contribution is -0.116. The number of amides is 1. The van der Waals surface area contributed by atoms with E-state index in [-0.39, 0.29) is 5.91 Å². The zero-order chi connectivity index (χ0) is 20.2. The Labute approximate surface area is 171 Å². The van der Waals surface area contributed by atoms with Crippen LogP contribution in [0.1, 0.15) is 34.9 Å². The Kier molecular flexibility index (Phi) is 5.53. The molecular weight excluding hydrogens is 388 g/mol. The van der Waals surface area contributed by atoms with Gasteiger partial charge in [0.15, 0.2) is 0 Å². The molecule has 7 nitrogen and oxygen atoms in total. The van der Waals surface area contributed by atoms with E-state index in [4.69, 9.17) is 9.05 Å². The van der Waals surface area contributed by atoms with Crippen LogP contribution in [0.15, 0.2) is 50.8 Å². The van der Waals surface area contributed by atoms with Crippen LogP contribution in [0.25, 0.3) is 10.7 Å². The summed E-state index contributed by atoms with van der Waals surface area (Å²) in [6.07, 6.45) is 1.38. The first-order valence-corrected chi connectivity index (χ1v) is 10.1. The van der Waals surface area contributed by atoms with Gasteiger partial charge >= 0.3 is 0 Å². The largest absolute Gasteiger partial charge is 0.361 e. The Morgan fingerprint density at radius 2 is 1.97 bits per heavy atom. The van der Waals surface area contributed by atoms with Gasteiger partial charge in [0.05, 0.1) is 17.0 Å². The predicted octanol–water partition coefficient (Wildman–Crippen LogP) is 4.57. The third-order valence-corrected chi connectivity index (χ3v) is 5.49. The highest BCUT2D eigenvalue weighted by atomic mass is 32.1. The molecular formula is C21H20N4O3S. The Hall–Kier alpha value is -3.26. The molecule has 0 spiro atoms. The summed E-state index contributed by atoms with van der Waals surface area (Å²) in [6.45, 7) is 3.74. The summed E-state index contributed by atoms with van der Waals surface area (Å²) in [6, 6.07) is 11.5. The normalized spacial score (nSPS) is 11.0. The lowest BCUT2D eigenvalue weighted by atomic mass is 10.1. The van der Waals surface area contributed by atoms with Crippen molar-refractivity contribution in [2.75, 3.05) is 5.32 Å². The maximum absolute atomic E-state index is 12.5. The Bertz CT molecular complexity index is 1100. The molecule has 1 N–H and O–H groups in total. The number of para-hydroxylation sites is 1. The van der Waals surface area contributed by atoms with E-state index in [1.165, 1.54) is 0 Å². The summed E-state index contributed by atoms with van der Waals surface area (Å²) in [5, 5.41) is 12.9. The highest BCUT2D eigenvalue weighted by Crippen LogP contribution is 2.24. The second-order valence-corrected chi connectivity index (χ2v) is 7.62. The van der Waals surface area contributed by atoms with Gasteiger partial charge in [0.1, 0.15) is 5.76 Å². The maximum Gasteiger partial charge on any atom is 0.231 e. The van der Waals surface area contributed by atoms with Gasteiger partial charge in [-0.05, 0) is 43.3 Å². The summed E-state index contributed by atoms with van der Waals surface area (Å²) in [4.78, 5) is 17.9. The van der Waals surface area contributed by atoms with E-state index < -0.39 is 0 Å². The molecule has 8 heteroatoms. The Balaban J connectivity index is 1.42. The van der Waals surface area contributed by atoms with Crippen molar-refractivity contribution in [3.63, 3.8) is 0 Å². The molecule has 0 aliphatic rings. The monoisotopic (exact) mass is 408 g/mol. The predicted molar refractivity (Wildman–Crippen MR) is 110 cm³/mol. The number of aromatic nitrogens is 3. The van der Waals surface area contributed by atoms with Crippen LogP contribution in [0.4, 0.5) is 5.69 Å². The van der Waals surface area contributed by atoms with Gasteiger partial charge in [-0.3, -0.25) is 4.79 Å². The number of benzene rings is 1. The lowest BCUT2D eigenvalue weighted by Gasteiger charge is -2.09. The van der Waals surface area contributed by atoms with Crippen LogP contribution in [0.3, 0.4) is 0 Å². The van der Waals surface area contributed by atoms with Gasteiger partial charge in [0.2, 0.25) is 17.6 Å². The molecule has 0 aliphatic carbocycles. The molecule has 3 aromatic heterocycles. The lowest BCUT2D eigenvalue weighted by Crippen LogP contribution is -2.14. The molecule has 0 fully saturated rings. The number of carbonyl (C=O) groups is 1. The second kappa shape index (κ2) is 8.40. The van der Waals surface area contributed by atoms with Gasteiger partial charge in [-0.25, -0.2) is 0 Å². The van der Waals surface area contributed by atoms with Crippen molar-refractivity contribution in [3.05, 3.63) is 70.3 Å². The minimum Gasteiger partial charge on any atom is -0.361 e. The molecule has 0 atom stereocenters. The first kappa shape index (κ1) is 19.1. The van der Waals surface area contributed by atoms with Crippen molar-refractivity contribution >= 4 is 22.9 Å². The van der Waals surface area contributed by atoms with Crippen molar-refractivity contribution in [1.82, 2.24) is 15.3 Å². The molecule has 0 saturated heterocycles. The van der Waals surface area contributed by atoms with E-state index in [1.807, 2.05) is 55.6 Å². The van der Waals surface area contributed by atoms with Crippen LogP contribution in [-0.4, -0.2) is 21.2 Å². The van der Waals surface area contributed by atoms with Crippen LogP contribution < -0.4 is 5.32 Å². The van der Waals surface area contributed by atoms with Crippen molar-refractivity contribution in [2.45, 2.75) is 33.1 Å². The van der Waals surface area contributed by atoms with Gasteiger partial charge < -0.3 is 14.4 Å². The van der Waals surface area contributed by atoms with Crippen molar-refractivity contribution in [2.24, 2.45) is 0 Å². The molecule has 0 unspecified atom stereocenters. The fraction of sp³-hybridized carbons (Fsp3) is 0.238. The molecule has 3 heterocycles. The Morgan fingerprint density at radius 3 is 2.72 bits per heavy atom. The third kappa shape index (κ3) is 4.43. The summed E-state index contributed by atoms with van der Waals surface area (Å²) < 4.78 is 10.5. The quantitative estimate of drug-likeness (QED) is 0.482. The van der Waals surface area contributed by atoms with Crippen LogP contribution in [0.2, 0.25) is 0 Å². The van der Waals surface area contributed by atoms with Gasteiger partial charge in [0, 0.05) is 17.7 Å². The molecule has 148 valence electrons. The van der Waals surface area contributed by atoms with E-state index in [9.17, 15) is 4.79 Å². The minimum absolute atomic E-state index is 0.0674. The Morgan fingerprint density at radius 1 is 1.10 bits per heavy atom. The molecule has 0 saturated carbocycles. The van der Waals surface area contributed by atoms with Crippen LogP contribution >= 0.6 is 11.3 Å². The highest BCUT2D eigenvalue weighted by molar-refractivity contribution is 7.13. The van der Waals surface area contributed by atoms with E-state index >= 15 is 0 Å². The first-order chi connectivity index (χ1) is 14.1. The van der Waals surface area contributed by atoms with Crippen LogP contribution in [0, 0.1) is 13.8 Å². The molecule has 0 bridgehead atoms. The number of anilines is 1. The van der Waals surface area contributed by atoms with E-state index in [1.54, 1.807) is 11.3 Å². The standard InChI is InChI=1S/C21H20N4O3S/c1-13-16(14(2)27-24-13)9-10-19(26)22-17-7-4-3-6-15(17)12-20-23-21(25-28-20)18-8-5-11-29-18/h3-8,11H,9-10,12H2,1-2H3,(H,22,26). The van der Waals surface area contributed by atoms with Crippen LogP contribution in [-0.2, 0) is 17.6 Å². The number of thiophene rings is 1. The molecule has 4 aromatic rings. The third-order valence-electron chi connectivity index (χ3n) is 4.63. The highest BCUT2D eigenvalue weighted by Gasteiger charge is 2.15. The second-order valence-electron chi connectivity index (χ2n) is 6.67. The SMILES string of the molecule is Cc1noc(C)c1CCC(=O)Nc1ccccc1Cc1nc(-c2cccs2)no1. The van der Waals surface area contributed by atoms with Gasteiger partial charge in [-0.15, -0.1) is 11.3 Å². The summed E-state index contributed by atoms with van der Waals surface area (Å²) in [7, 11) is 0. The van der Waals surface area contributed by atoms with E-state index in [2.05, 4.69) is 20.6 Å². The topological polar surface area (TPSA) is 94.1 Å². The minimum atomic E-state index is -0.0674. The van der Waals surface area contributed by atoms with Crippen LogP contribution in [0.5, 0.6) is 0 Å². The van der Waals surface area contributed by atoms with Crippen molar-refractivity contribution < 1.29 is 13.8 Å². The number of hydrogen-bond donors (Lipinski definition) is 1. The molecule has 1 amide bonds. The maximum atomic E-state index is 12.5. The molecule has 1 aromatic carbocycles. The number of nitrogens with zero attached hydrogens (tertiary/aromatic N) is 3. The number of carbonyl (C=O) groups excluding carboxylic acids is 1. The number of rotatable bonds is 7. The van der Waals surface area contributed by atoms with E-state index in [0.717, 1.165) is 33.1 Å². The van der Waals surface area contributed by atoms with Gasteiger partial charge in [-0.2, -0.15) is 4.98 Å². The first-order valence-electron chi connectivity index (χ1n) is 9.26. The zero-order valence-corrected chi connectivity index (χ0v) is 17.0. The molecule has 0 radical (unpaired) electrons. The number of nitrogens with one attached hydrogen (secondary N) is 1. The number of aryl methyl sites for hydroxylation is 2. The average molecular weight is 408 g/mol. The van der Waals surface area contributed by atoms with Gasteiger partial charge in [-0.1, -0.05) is 34.6 Å².